The minimum Gasteiger partial charge on any atom is -0.367 e. The van der Waals surface area contributed by atoms with Gasteiger partial charge >= 0.3 is 0 Å². The maximum atomic E-state index is 4.27. The molecule has 0 unspecified atom stereocenters. The zero-order valence-electron chi connectivity index (χ0n) is 12.0. The van der Waals surface area contributed by atoms with Crippen LogP contribution in [0.15, 0.2) is 12.4 Å². The molecule has 1 fully saturated rings. The van der Waals surface area contributed by atoms with Crippen molar-refractivity contribution in [3.8, 4) is 0 Å². The van der Waals surface area contributed by atoms with Crippen molar-refractivity contribution in [2.45, 2.75) is 52.5 Å². The van der Waals surface area contributed by atoms with Crippen molar-refractivity contribution in [3.63, 3.8) is 0 Å². The summed E-state index contributed by atoms with van der Waals surface area (Å²) in [4.78, 5) is 8.54. The molecule has 0 saturated carbocycles. The highest BCUT2D eigenvalue weighted by Gasteiger charge is 2.13. The van der Waals surface area contributed by atoms with Crippen LogP contribution in [-0.2, 0) is 0 Å². The Labute approximate surface area is 111 Å². The van der Waals surface area contributed by atoms with Gasteiger partial charge in [-0.1, -0.05) is 27.7 Å². The van der Waals surface area contributed by atoms with E-state index in [1.165, 1.54) is 12.8 Å². The third kappa shape index (κ3) is 4.61. The summed E-state index contributed by atoms with van der Waals surface area (Å²) < 4.78 is 0. The molecule has 0 aliphatic carbocycles. The molecule has 0 atom stereocenters. The monoisotopic (exact) mass is 250 g/mol. The Morgan fingerprint density at radius 2 is 1.89 bits per heavy atom. The van der Waals surface area contributed by atoms with E-state index in [-0.39, 0.29) is 0 Å². The molecule has 1 aromatic heterocycles. The fourth-order valence-corrected chi connectivity index (χ4v) is 1.94. The molecule has 1 saturated heterocycles. The highest BCUT2D eigenvalue weighted by molar-refractivity contribution is 5.36. The molecule has 2 heterocycles. The van der Waals surface area contributed by atoms with Crippen molar-refractivity contribution in [1.29, 1.82) is 0 Å². The molecule has 1 aliphatic rings. The zero-order chi connectivity index (χ0) is 13.4. The van der Waals surface area contributed by atoms with E-state index in [1.807, 2.05) is 13.8 Å². The van der Waals surface area contributed by atoms with Crippen LogP contribution in [0.1, 0.15) is 52.1 Å². The Morgan fingerprint density at radius 1 is 1.22 bits per heavy atom. The minimum atomic E-state index is 0.455. The summed E-state index contributed by atoms with van der Waals surface area (Å²) in [5, 5.41) is 6.84. The van der Waals surface area contributed by atoms with E-state index < -0.39 is 0 Å². The lowest BCUT2D eigenvalue weighted by atomic mass is 10.1. The average molecular weight is 250 g/mol. The lowest BCUT2D eigenvalue weighted by Gasteiger charge is -2.24. The molecule has 102 valence electrons. The topological polar surface area (TPSA) is 49.8 Å². The highest BCUT2D eigenvalue weighted by atomic mass is 15.1. The Hall–Kier alpha value is -1.16. The molecule has 0 radical (unpaired) electrons. The second-order valence-corrected chi connectivity index (χ2v) is 4.65. The molecule has 4 nitrogen and oxygen atoms in total. The van der Waals surface area contributed by atoms with Crippen LogP contribution in [0.3, 0.4) is 0 Å². The zero-order valence-corrected chi connectivity index (χ0v) is 12.0. The van der Waals surface area contributed by atoms with Crippen molar-refractivity contribution in [1.82, 2.24) is 15.3 Å². The van der Waals surface area contributed by atoms with Crippen molar-refractivity contribution < 1.29 is 0 Å². The number of hydrogen-bond acceptors (Lipinski definition) is 4. The first-order valence-electron chi connectivity index (χ1n) is 7.05. The highest BCUT2D eigenvalue weighted by Crippen LogP contribution is 2.16. The molecule has 4 heteroatoms. The van der Waals surface area contributed by atoms with Crippen LogP contribution in [0.4, 0.5) is 5.82 Å². The second-order valence-electron chi connectivity index (χ2n) is 4.65. The van der Waals surface area contributed by atoms with Gasteiger partial charge < -0.3 is 10.6 Å². The minimum absolute atomic E-state index is 0.455. The molecule has 1 aromatic rings. The van der Waals surface area contributed by atoms with Gasteiger partial charge in [0.05, 0.1) is 0 Å². The SMILES string of the molecule is CC.CC(C)c1cc(NC2CCNCC2)ncn1. The number of nitrogens with one attached hydrogen (secondary N) is 2. The average Bonchev–Trinajstić information content (AvgIpc) is 2.42. The lowest BCUT2D eigenvalue weighted by molar-refractivity contribution is 0.478. The van der Waals surface area contributed by atoms with E-state index >= 15 is 0 Å². The molecule has 2 N–H and O–H groups in total. The summed E-state index contributed by atoms with van der Waals surface area (Å²) in [7, 11) is 0. The first kappa shape index (κ1) is 14.9. The van der Waals surface area contributed by atoms with Gasteiger partial charge in [0.15, 0.2) is 0 Å². The number of rotatable bonds is 3. The molecule has 2 rings (SSSR count). The van der Waals surface area contributed by atoms with Crippen molar-refractivity contribution in [2.24, 2.45) is 0 Å². The standard InChI is InChI=1S/C12H20N4.C2H6/c1-9(2)11-7-12(15-8-14-11)16-10-3-5-13-6-4-10;1-2/h7-10,13H,3-6H2,1-2H3,(H,14,15,16);1-2H3. The van der Waals surface area contributed by atoms with Crippen LogP contribution >= 0.6 is 0 Å². The number of aromatic nitrogens is 2. The quantitative estimate of drug-likeness (QED) is 0.866. The Bertz CT molecular complexity index is 332. The molecular formula is C14H26N4. The van der Waals surface area contributed by atoms with Crippen LogP contribution < -0.4 is 10.6 Å². The maximum Gasteiger partial charge on any atom is 0.129 e. The summed E-state index contributed by atoms with van der Waals surface area (Å²) in [6, 6.07) is 2.61. The summed E-state index contributed by atoms with van der Waals surface area (Å²) in [6.45, 7) is 10.5. The Morgan fingerprint density at radius 3 is 2.50 bits per heavy atom. The summed E-state index contributed by atoms with van der Waals surface area (Å²) in [6.07, 6.45) is 3.99. The molecule has 18 heavy (non-hydrogen) atoms. The molecule has 0 spiro atoms. The van der Waals surface area contributed by atoms with Gasteiger partial charge in [-0.2, -0.15) is 0 Å². The van der Waals surface area contributed by atoms with Crippen LogP contribution in [-0.4, -0.2) is 29.1 Å². The first-order valence-corrected chi connectivity index (χ1v) is 7.05. The van der Waals surface area contributed by atoms with E-state index in [4.69, 9.17) is 0 Å². The van der Waals surface area contributed by atoms with Gasteiger partial charge in [0.2, 0.25) is 0 Å². The number of nitrogens with zero attached hydrogens (tertiary/aromatic N) is 2. The van der Waals surface area contributed by atoms with Crippen molar-refractivity contribution in [3.05, 3.63) is 18.1 Å². The van der Waals surface area contributed by atoms with E-state index in [0.29, 0.717) is 12.0 Å². The number of anilines is 1. The smallest absolute Gasteiger partial charge is 0.129 e. The fourth-order valence-electron chi connectivity index (χ4n) is 1.94. The molecule has 0 amide bonds. The third-order valence-corrected chi connectivity index (χ3v) is 2.97. The van der Waals surface area contributed by atoms with Crippen LogP contribution in [0.5, 0.6) is 0 Å². The normalized spacial score (nSPS) is 16.1. The summed E-state index contributed by atoms with van der Waals surface area (Å²) in [5.74, 6) is 1.42. The van der Waals surface area contributed by atoms with Crippen LogP contribution in [0, 0.1) is 0 Å². The number of piperidine rings is 1. The van der Waals surface area contributed by atoms with Gasteiger partial charge in [-0.25, -0.2) is 9.97 Å². The first-order chi connectivity index (χ1) is 8.75. The van der Waals surface area contributed by atoms with Gasteiger partial charge in [0, 0.05) is 17.8 Å². The van der Waals surface area contributed by atoms with Crippen LogP contribution in [0.25, 0.3) is 0 Å². The number of hydrogen-bond donors (Lipinski definition) is 2. The third-order valence-electron chi connectivity index (χ3n) is 2.97. The Kier molecular flexibility index (Phi) is 6.65. The largest absolute Gasteiger partial charge is 0.367 e. The van der Waals surface area contributed by atoms with Gasteiger partial charge in [-0.15, -0.1) is 0 Å². The van der Waals surface area contributed by atoms with E-state index in [0.717, 1.165) is 24.6 Å². The Balaban J connectivity index is 0.000000771. The van der Waals surface area contributed by atoms with E-state index in [9.17, 15) is 0 Å². The predicted molar refractivity (Wildman–Crippen MR) is 77.0 cm³/mol. The summed E-state index contributed by atoms with van der Waals surface area (Å²) >= 11 is 0. The van der Waals surface area contributed by atoms with Crippen molar-refractivity contribution in [2.75, 3.05) is 18.4 Å². The summed E-state index contributed by atoms with van der Waals surface area (Å²) in [5.41, 5.74) is 1.10. The molecular weight excluding hydrogens is 224 g/mol. The molecule has 1 aliphatic heterocycles. The van der Waals surface area contributed by atoms with Gasteiger partial charge in [-0.3, -0.25) is 0 Å². The predicted octanol–water partition coefficient (Wildman–Crippen LogP) is 2.79. The second kappa shape index (κ2) is 8.03. The van der Waals surface area contributed by atoms with Gasteiger partial charge in [-0.05, 0) is 31.8 Å². The lowest BCUT2D eigenvalue weighted by Crippen LogP contribution is -2.35. The van der Waals surface area contributed by atoms with Crippen LogP contribution in [0.2, 0.25) is 0 Å². The maximum absolute atomic E-state index is 4.27. The van der Waals surface area contributed by atoms with Crippen molar-refractivity contribution >= 4 is 5.82 Å². The fraction of sp³-hybridized carbons (Fsp3) is 0.714. The van der Waals surface area contributed by atoms with Gasteiger partial charge in [0.1, 0.15) is 12.1 Å². The molecule has 0 aromatic carbocycles. The molecule has 0 bridgehead atoms. The van der Waals surface area contributed by atoms with E-state index in [1.54, 1.807) is 6.33 Å². The van der Waals surface area contributed by atoms with Gasteiger partial charge in [0.25, 0.3) is 0 Å². The van der Waals surface area contributed by atoms with E-state index in [2.05, 4.69) is 40.5 Å².